The van der Waals surface area contributed by atoms with Crippen LogP contribution in [0.3, 0.4) is 0 Å². The molecule has 0 N–H and O–H groups in total. The number of aryl methyl sites for hydroxylation is 2. The third kappa shape index (κ3) is 2.42. The molecule has 3 aromatic heterocycles. The van der Waals surface area contributed by atoms with Crippen molar-refractivity contribution in [1.82, 2.24) is 24.7 Å². The molecule has 1 fully saturated rings. The molecule has 4 rings (SSSR count). The van der Waals surface area contributed by atoms with Crippen LogP contribution in [0.4, 0.5) is 5.82 Å². The van der Waals surface area contributed by atoms with Crippen LogP contribution in [-0.2, 0) is 7.05 Å². The molecule has 6 heteroatoms. The normalized spacial score (nSPS) is 18.3. The van der Waals surface area contributed by atoms with E-state index in [4.69, 9.17) is 9.97 Å². The summed E-state index contributed by atoms with van der Waals surface area (Å²) in [6.45, 7) is 5.34. The summed E-state index contributed by atoms with van der Waals surface area (Å²) in [7, 11) is 1.94. The van der Waals surface area contributed by atoms with Gasteiger partial charge in [-0.05, 0) is 45.2 Å². The Morgan fingerprint density at radius 2 is 2.04 bits per heavy atom. The van der Waals surface area contributed by atoms with Gasteiger partial charge in [0.15, 0.2) is 11.5 Å². The Balaban J connectivity index is 1.96. The summed E-state index contributed by atoms with van der Waals surface area (Å²) in [4.78, 5) is 16.5. The highest BCUT2D eigenvalue weighted by atomic mass is 15.3. The molecular formula is C18H22N6. The number of fused-ring (bicyclic) bond motifs is 1. The summed E-state index contributed by atoms with van der Waals surface area (Å²) in [6, 6.07) is 6.30. The Morgan fingerprint density at radius 3 is 2.79 bits per heavy atom. The predicted molar refractivity (Wildman–Crippen MR) is 94.9 cm³/mol. The van der Waals surface area contributed by atoms with Crippen molar-refractivity contribution in [2.24, 2.45) is 7.05 Å². The fourth-order valence-electron chi connectivity index (χ4n) is 3.55. The van der Waals surface area contributed by atoms with E-state index in [0.29, 0.717) is 11.9 Å². The zero-order valence-electron chi connectivity index (χ0n) is 14.4. The number of hydrogen-bond donors (Lipinski definition) is 0. The summed E-state index contributed by atoms with van der Waals surface area (Å²) >= 11 is 0. The molecule has 4 heterocycles. The van der Waals surface area contributed by atoms with E-state index in [0.717, 1.165) is 34.8 Å². The quantitative estimate of drug-likeness (QED) is 0.725. The lowest BCUT2D eigenvalue weighted by atomic mass is 10.0. The molecule has 0 aliphatic carbocycles. The van der Waals surface area contributed by atoms with Gasteiger partial charge >= 0.3 is 0 Å². The number of nitrogens with zero attached hydrogens (tertiary/aromatic N) is 6. The SMILES string of the molecule is Cc1nn(C)c2nc(-c3ccccn3)nc(N3CCCC[C@H]3C)c12. The Morgan fingerprint density at radius 1 is 1.17 bits per heavy atom. The largest absolute Gasteiger partial charge is 0.353 e. The average Bonchev–Trinajstić information content (AvgIpc) is 2.90. The first-order valence-corrected chi connectivity index (χ1v) is 8.54. The molecule has 6 nitrogen and oxygen atoms in total. The van der Waals surface area contributed by atoms with Crippen LogP contribution in [0, 0.1) is 6.92 Å². The first kappa shape index (κ1) is 15.1. The average molecular weight is 322 g/mol. The van der Waals surface area contributed by atoms with Crippen LogP contribution < -0.4 is 4.90 Å². The summed E-state index contributed by atoms with van der Waals surface area (Å²) in [6.07, 6.45) is 5.46. The second-order valence-corrected chi connectivity index (χ2v) is 6.53. The van der Waals surface area contributed by atoms with Crippen molar-refractivity contribution in [2.75, 3.05) is 11.4 Å². The lowest BCUT2D eigenvalue weighted by molar-refractivity contribution is 0.482. The summed E-state index contributed by atoms with van der Waals surface area (Å²) < 4.78 is 1.84. The number of pyridine rings is 1. The maximum atomic E-state index is 4.92. The highest BCUT2D eigenvalue weighted by Crippen LogP contribution is 2.32. The molecule has 1 aliphatic rings. The van der Waals surface area contributed by atoms with Crippen molar-refractivity contribution < 1.29 is 0 Å². The molecule has 0 bridgehead atoms. The molecule has 0 aromatic carbocycles. The molecule has 1 atom stereocenters. The second kappa shape index (κ2) is 5.85. The van der Waals surface area contributed by atoms with Crippen molar-refractivity contribution >= 4 is 16.9 Å². The Kier molecular flexibility index (Phi) is 3.67. The summed E-state index contributed by atoms with van der Waals surface area (Å²) in [5, 5.41) is 5.63. The van der Waals surface area contributed by atoms with Gasteiger partial charge in [-0.1, -0.05) is 6.07 Å². The minimum Gasteiger partial charge on any atom is -0.353 e. The third-order valence-electron chi connectivity index (χ3n) is 4.81. The van der Waals surface area contributed by atoms with Crippen molar-refractivity contribution in [3.8, 4) is 11.5 Å². The highest BCUT2D eigenvalue weighted by molar-refractivity contribution is 5.91. The molecule has 0 amide bonds. The number of rotatable bonds is 2. The lowest BCUT2D eigenvalue weighted by Crippen LogP contribution is -2.38. The van der Waals surface area contributed by atoms with Crippen LogP contribution in [0.25, 0.3) is 22.6 Å². The fourth-order valence-corrected chi connectivity index (χ4v) is 3.55. The second-order valence-electron chi connectivity index (χ2n) is 6.53. The number of piperidine rings is 1. The first-order valence-electron chi connectivity index (χ1n) is 8.54. The zero-order valence-corrected chi connectivity index (χ0v) is 14.4. The van der Waals surface area contributed by atoms with Crippen molar-refractivity contribution in [1.29, 1.82) is 0 Å². The summed E-state index contributed by atoms with van der Waals surface area (Å²) in [5.74, 6) is 1.66. The monoisotopic (exact) mass is 322 g/mol. The van der Waals surface area contributed by atoms with E-state index >= 15 is 0 Å². The number of aromatic nitrogens is 5. The highest BCUT2D eigenvalue weighted by Gasteiger charge is 2.25. The maximum Gasteiger partial charge on any atom is 0.182 e. The molecule has 1 aliphatic heterocycles. The van der Waals surface area contributed by atoms with Crippen molar-refractivity contribution in [3.63, 3.8) is 0 Å². The van der Waals surface area contributed by atoms with Gasteiger partial charge in [0.1, 0.15) is 11.5 Å². The standard InChI is InChI=1S/C18H22N6/c1-12-8-5-7-11-24(12)18-15-13(2)22-23(3)17(15)20-16(21-18)14-9-4-6-10-19-14/h4,6,9-10,12H,5,7-8,11H2,1-3H3/t12-/m1/s1. The molecular weight excluding hydrogens is 300 g/mol. The number of anilines is 1. The van der Waals surface area contributed by atoms with Gasteiger partial charge in [-0.3, -0.25) is 9.67 Å². The van der Waals surface area contributed by atoms with Crippen LogP contribution >= 0.6 is 0 Å². The smallest absolute Gasteiger partial charge is 0.182 e. The van der Waals surface area contributed by atoms with Gasteiger partial charge in [-0.25, -0.2) is 9.97 Å². The van der Waals surface area contributed by atoms with Gasteiger partial charge in [0, 0.05) is 25.8 Å². The van der Waals surface area contributed by atoms with Crippen LogP contribution in [-0.4, -0.2) is 37.3 Å². The van der Waals surface area contributed by atoms with Gasteiger partial charge in [0.05, 0.1) is 11.1 Å². The van der Waals surface area contributed by atoms with Crippen LogP contribution in [0.5, 0.6) is 0 Å². The van der Waals surface area contributed by atoms with Crippen LogP contribution in [0.2, 0.25) is 0 Å². The van der Waals surface area contributed by atoms with Crippen molar-refractivity contribution in [2.45, 2.75) is 39.2 Å². The zero-order chi connectivity index (χ0) is 16.7. The van der Waals surface area contributed by atoms with Gasteiger partial charge < -0.3 is 4.90 Å². The van der Waals surface area contributed by atoms with Gasteiger partial charge in [-0.2, -0.15) is 5.10 Å². The van der Waals surface area contributed by atoms with E-state index in [1.54, 1.807) is 6.20 Å². The van der Waals surface area contributed by atoms with E-state index in [1.807, 2.05) is 36.9 Å². The van der Waals surface area contributed by atoms with Gasteiger partial charge in [0.2, 0.25) is 0 Å². The fraction of sp³-hybridized carbons (Fsp3) is 0.444. The molecule has 3 aromatic rings. The van der Waals surface area contributed by atoms with E-state index in [2.05, 4.69) is 21.9 Å². The van der Waals surface area contributed by atoms with Crippen LogP contribution in [0.1, 0.15) is 31.9 Å². The van der Waals surface area contributed by atoms with E-state index in [1.165, 1.54) is 19.3 Å². The molecule has 0 radical (unpaired) electrons. The molecule has 0 unspecified atom stereocenters. The van der Waals surface area contributed by atoms with Gasteiger partial charge in [-0.15, -0.1) is 0 Å². The Labute approximate surface area is 141 Å². The molecule has 124 valence electrons. The lowest BCUT2D eigenvalue weighted by Gasteiger charge is -2.34. The van der Waals surface area contributed by atoms with Crippen molar-refractivity contribution in [3.05, 3.63) is 30.1 Å². The maximum absolute atomic E-state index is 4.92. The number of hydrogen-bond acceptors (Lipinski definition) is 5. The predicted octanol–water partition coefficient (Wildman–Crippen LogP) is 3.11. The Bertz CT molecular complexity index is 870. The molecule has 1 saturated heterocycles. The molecule has 24 heavy (non-hydrogen) atoms. The summed E-state index contributed by atoms with van der Waals surface area (Å²) in [5.41, 5.74) is 2.65. The first-order chi connectivity index (χ1) is 11.6. The van der Waals surface area contributed by atoms with Crippen LogP contribution in [0.15, 0.2) is 24.4 Å². The third-order valence-corrected chi connectivity index (χ3v) is 4.81. The minimum atomic E-state index is 0.480. The topological polar surface area (TPSA) is 59.7 Å². The van der Waals surface area contributed by atoms with E-state index in [9.17, 15) is 0 Å². The molecule has 0 saturated carbocycles. The Hall–Kier alpha value is -2.50. The van der Waals surface area contributed by atoms with E-state index < -0.39 is 0 Å². The minimum absolute atomic E-state index is 0.480. The van der Waals surface area contributed by atoms with Gasteiger partial charge in [0.25, 0.3) is 0 Å². The van der Waals surface area contributed by atoms with E-state index in [-0.39, 0.29) is 0 Å². The molecule has 0 spiro atoms.